The van der Waals surface area contributed by atoms with Crippen LogP contribution >= 0.6 is 0 Å². The molecule has 3 amide bonds. The summed E-state index contributed by atoms with van der Waals surface area (Å²) in [5, 5.41) is 29.4. The van der Waals surface area contributed by atoms with Crippen molar-refractivity contribution in [3.63, 3.8) is 0 Å². The predicted octanol–water partition coefficient (Wildman–Crippen LogP) is 9.71. The van der Waals surface area contributed by atoms with Crippen LogP contribution in [0.5, 0.6) is 0 Å². The summed E-state index contributed by atoms with van der Waals surface area (Å²) in [7, 11) is -3.86. The summed E-state index contributed by atoms with van der Waals surface area (Å²) in [6.45, 7) is 9.20. The third-order valence-electron chi connectivity index (χ3n) is 15.4. The average molecular weight is 1090 g/mol. The van der Waals surface area contributed by atoms with E-state index in [1.54, 1.807) is 49.3 Å². The fraction of sp³-hybridized carbons (Fsp3) is 0.328. The average Bonchev–Trinajstić information content (AvgIpc) is 4.11. The molecule has 0 aliphatic carbocycles. The van der Waals surface area contributed by atoms with Gasteiger partial charge in [-0.25, -0.2) is 18.4 Å². The highest BCUT2D eigenvalue weighted by atomic mass is 32.2. The van der Waals surface area contributed by atoms with E-state index in [4.69, 9.17) is 0 Å². The second kappa shape index (κ2) is 26.9. The van der Waals surface area contributed by atoms with Gasteiger partial charge in [0.2, 0.25) is 27.7 Å². The number of imidazole rings is 2. The lowest BCUT2D eigenvalue weighted by molar-refractivity contribution is -0.136. The quantitative estimate of drug-likeness (QED) is 0.0530. The van der Waals surface area contributed by atoms with Crippen LogP contribution in [-0.4, -0.2) is 85.4 Å². The summed E-state index contributed by atoms with van der Waals surface area (Å²) < 4.78 is 33.2. The lowest BCUT2D eigenvalue weighted by atomic mass is 9.85. The number of nitrogens with one attached hydrogen (secondary N) is 2. The zero-order valence-corrected chi connectivity index (χ0v) is 47.0. The van der Waals surface area contributed by atoms with E-state index in [9.17, 15) is 33.3 Å². The summed E-state index contributed by atoms with van der Waals surface area (Å²) in [4.78, 5) is 54.6. The van der Waals surface area contributed by atoms with Crippen LogP contribution in [0.1, 0.15) is 98.1 Å². The van der Waals surface area contributed by atoms with Crippen LogP contribution in [0.3, 0.4) is 0 Å². The van der Waals surface area contributed by atoms with Crippen LogP contribution in [0.2, 0.25) is 0 Å². The van der Waals surface area contributed by atoms with E-state index in [0.29, 0.717) is 54.9 Å². The van der Waals surface area contributed by atoms with Crippen LogP contribution in [0, 0.1) is 34.5 Å². The van der Waals surface area contributed by atoms with Crippen molar-refractivity contribution < 1.29 is 22.8 Å². The monoisotopic (exact) mass is 1090 g/mol. The van der Waals surface area contributed by atoms with Crippen molar-refractivity contribution in [3.8, 4) is 12.1 Å². The molecular formula is C64H70N10O5S. The van der Waals surface area contributed by atoms with Crippen molar-refractivity contribution in [2.75, 3.05) is 12.8 Å². The Morgan fingerprint density at radius 3 is 1.60 bits per heavy atom. The number of carbonyl (C=O) groups excluding carboxylic acids is 3. The number of hydrogen-bond acceptors (Lipinski definition) is 9. The van der Waals surface area contributed by atoms with Crippen molar-refractivity contribution >= 4 is 49.3 Å². The van der Waals surface area contributed by atoms with Gasteiger partial charge in [0.05, 0.1) is 67.1 Å². The van der Waals surface area contributed by atoms with E-state index in [2.05, 4.69) is 64.8 Å². The number of aromatic nitrogens is 4. The summed E-state index contributed by atoms with van der Waals surface area (Å²) in [5.41, 5.74) is 6.12. The number of nitriles is 2. The van der Waals surface area contributed by atoms with E-state index < -0.39 is 28.1 Å². The predicted molar refractivity (Wildman–Crippen MR) is 312 cm³/mol. The second-order valence-electron chi connectivity index (χ2n) is 21.0. The molecule has 0 aliphatic rings. The van der Waals surface area contributed by atoms with Gasteiger partial charge in [-0.05, 0) is 92.7 Å². The van der Waals surface area contributed by atoms with Gasteiger partial charge in [-0.3, -0.25) is 14.4 Å². The SMILES string of the molecule is CCC(=O)N(Cc1cccc2ccccc12)C(CCC(C)C(CN(Cc1cccc2ccccc12)S(C)(=O)=O)NC(=O)Cc1cncn1Cc1ccc(C#N)cc1)C(NC(=O)Cc1cncn1Cc1ccc(C#N)cc1)C(C)CC. The smallest absolute Gasteiger partial charge is 0.226 e. The molecule has 0 saturated heterocycles. The topological polar surface area (TPSA) is 199 Å². The first kappa shape index (κ1) is 57.7. The number of nitrogens with zero attached hydrogens (tertiary/aromatic N) is 8. The fourth-order valence-corrected chi connectivity index (χ4v) is 11.4. The molecule has 0 spiro atoms. The highest BCUT2D eigenvalue weighted by Gasteiger charge is 2.36. The third kappa shape index (κ3) is 14.8. The van der Waals surface area contributed by atoms with Gasteiger partial charge in [0.1, 0.15) is 0 Å². The van der Waals surface area contributed by atoms with Crippen molar-refractivity contribution in [2.24, 2.45) is 11.8 Å². The van der Waals surface area contributed by atoms with Gasteiger partial charge in [0, 0.05) is 69.0 Å². The van der Waals surface area contributed by atoms with E-state index in [1.807, 2.05) is 119 Å². The molecule has 8 rings (SSSR count). The maximum absolute atomic E-state index is 14.7. The lowest BCUT2D eigenvalue weighted by Crippen LogP contribution is -2.56. The number of carbonyl (C=O) groups is 3. The van der Waals surface area contributed by atoms with Crippen molar-refractivity contribution in [1.29, 1.82) is 10.5 Å². The van der Waals surface area contributed by atoms with E-state index in [1.165, 1.54) is 10.6 Å². The van der Waals surface area contributed by atoms with Gasteiger partial charge in [0.15, 0.2) is 0 Å². The fourth-order valence-electron chi connectivity index (χ4n) is 10.6. The van der Waals surface area contributed by atoms with Crippen molar-refractivity contribution in [2.45, 2.75) is 111 Å². The molecule has 5 unspecified atom stereocenters. The van der Waals surface area contributed by atoms with Crippen molar-refractivity contribution in [3.05, 3.63) is 203 Å². The van der Waals surface area contributed by atoms with Crippen molar-refractivity contribution in [1.82, 2.24) is 38.9 Å². The Kier molecular flexibility index (Phi) is 19.4. The molecule has 0 bridgehead atoms. The zero-order valence-electron chi connectivity index (χ0n) is 46.2. The highest BCUT2D eigenvalue weighted by Crippen LogP contribution is 2.30. The van der Waals surface area contributed by atoms with Gasteiger partial charge in [-0.2, -0.15) is 14.8 Å². The molecule has 6 aromatic carbocycles. The number of rotatable bonds is 26. The molecule has 0 aliphatic heterocycles. The number of hydrogen-bond donors (Lipinski definition) is 2. The maximum atomic E-state index is 14.7. The number of benzene rings is 6. The minimum Gasteiger partial charge on any atom is -0.351 e. The molecule has 80 heavy (non-hydrogen) atoms. The first-order chi connectivity index (χ1) is 38.6. The molecule has 15 nitrogen and oxygen atoms in total. The normalized spacial score (nSPS) is 13.4. The minimum atomic E-state index is -3.86. The lowest BCUT2D eigenvalue weighted by Gasteiger charge is -2.41. The Labute approximate surface area is 469 Å². The van der Waals surface area contributed by atoms with Crippen LogP contribution < -0.4 is 10.6 Å². The van der Waals surface area contributed by atoms with Gasteiger partial charge in [0.25, 0.3) is 0 Å². The molecule has 0 radical (unpaired) electrons. The molecule has 2 N–H and O–H groups in total. The highest BCUT2D eigenvalue weighted by molar-refractivity contribution is 7.88. The molecule has 0 fully saturated rings. The van der Waals surface area contributed by atoms with E-state index >= 15 is 0 Å². The minimum absolute atomic E-state index is 0.0237. The Morgan fingerprint density at radius 1 is 0.625 bits per heavy atom. The summed E-state index contributed by atoms with van der Waals surface area (Å²) in [6, 6.07) is 45.0. The Bertz CT molecular complexity index is 3610. The number of sulfonamides is 1. The molecule has 5 atom stereocenters. The Balaban J connectivity index is 1.12. The summed E-state index contributed by atoms with van der Waals surface area (Å²) in [5.74, 6) is -1.10. The second-order valence-corrected chi connectivity index (χ2v) is 23.0. The molecule has 16 heteroatoms. The first-order valence-electron chi connectivity index (χ1n) is 27.4. The van der Waals surface area contributed by atoms with Crippen LogP contribution in [-0.2, 0) is 63.4 Å². The van der Waals surface area contributed by atoms with E-state index in [-0.39, 0.29) is 68.5 Å². The van der Waals surface area contributed by atoms with Gasteiger partial charge in [-0.15, -0.1) is 0 Å². The molecule has 2 aromatic heterocycles. The molecule has 8 aromatic rings. The third-order valence-corrected chi connectivity index (χ3v) is 16.7. The summed E-state index contributed by atoms with van der Waals surface area (Å²) >= 11 is 0. The summed E-state index contributed by atoms with van der Waals surface area (Å²) in [6.07, 6.45) is 9.60. The van der Waals surface area contributed by atoms with Gasteiger partial charge < -0.3 is 24.7 Å². The Hall–Kier alpha value is -8.44. The van der Waals surface area contributed by atoms with Gasteiger partial charge in [-0.1, -0.05) is 143 Å². The first-order valence-corrected chi connectivity index (χ1v) is 29.2. The standard InChI is InChI=1S/C64H70N10O5S/c1-6-45(3)64(70-62(76)33-56-37-68-44-72(56)39-50-29-25-48(35-66)26-30-50)60(74(63(77)7-2)41-54-19-13-17-52-15-9-11-21-58(52)54)31-22-46(4)59(42-73(80(5,78)79)40-53-18-12-16-51-14-8-10-20-57(51)53)69-61(75)32-55-36-67-43-71(55)38-49-27-23-47(34-65)24-28-49/h8-21,23-30,36-37,43-46,59-60,64H,6-7,22,31-33,38-42H2,1-5H3,(H,69,75)(H,70,76). The zero-order chi connectivity index (χ0) is 56.8. The van der Waals surface area contributed by atoms with Gasteiger partial charge >= 0.3 is 0 Å². The number of fused-ring (bicyclic) bond motifs is 2. The van der Waals surface area contributed by atoms with E-state index in [0.717, 1.165) is 43.8 Å². The van der Waals surface area contributed by atoms with Crippen LogP contribution in [0.15, 0.2) is 159 Å². The number of amides is 3. The molecule has 412 valence electrons. The Morgan fingerprint density at radius 2 is 1.11 bits per heavy atom. The molecule has 0 saturated carbocycles. The molecule has 2 heterocycles. The largest absolute Gasteiger partial charge is 0.351 e. The van der Waals surface area contributed by atoms with Crippen LogP contribution in [0.4, 0.5) is 0 Å². The maximum Gasteiger partial charge on any atom is 0.226 e. The molecular weight excluding hydrogens is 1020 g/mol. The van der Waals surface area contributed by atoms with Crippen LogP contribution in [0.25, 0.3) is 21.5 Å².